The largest absolute Gasteiger partial charge is 0.342 e. The summed E-state index contributed by atoms with van der Waals surface area (Å²) in [7, 11) is -7.74. The quantitative estimate of drug-likeness (QED) is 0.219. The summed E-state index contributed by atoms with van der Waals surface area (Å²) < 4.78 is 56.0. The van der Waals surface area contributed by atoms with Crippen LogP contribution in [0.1, 0.15) is 114 Å². The molecule has 0 aromatic rings. The number of amides is 4. The maximum atomic E-state index is 14.9. The highest BCUT2D eigenvalue weighted by Crippen LogP contribution is 2.88. The molecular weight excluding hydrogens is 695 g/mol. The number of nitrogens with zero attached hydrogens (tertiary/aromatic N) is 1. The SMILES string of the molecule is C=C[C@@H]1C[C@]1(NC(=O)[C@@H]1C[C@@]2(CN1C(=O)[C@@H](NC(=O)[C@@H](NS(=O)(=O)C(C)C)C(C)(C)C)C(C)(C)C)C(C)(C)C21CCC1)C(=O)NS(=O)(=O)C1CC1. The Kier molecular flexibility index (Phi) is 9.54. The first-order chi connectivity index (χ1) is 23.1. The van der Waals surface area contributed by atoms with Crippen molar-refractivity contribution < 1.29 is 36.0 Å². The van der Waals surface area contributed by atoms with Crippen molar-refractivity contribution in [2.24, 2.45) is 33.0 Å². The molecule has 5 fully saturated rings. The van der Waals surface area contributed by atoms with Crippen LogP contribution in [0.25, 0.3) is 0 Å². The topological polar surface area (TPSA) is 188 Å². The lowest BCUT2D eigenvalue weighted by molar-refractivity contribution is -0.145. The standard InChI is InChI=1S/C36H59N5O8S2/c1-12-22-18-36(22,30(45)40-51(48,49)23-14-15-23)38-27(42)24-19-35(33(10,11)34(35)16-13-17-34)20-41(24)29(44)26(32(7,8)9)37-28(43)25(31(4,5)6)39-50(46,47)21(2)3/h12,21-26,39H,1,13-20H2,2-11H3,(H,37,43)(H,38,42)(H,40,45)/t22-,24+,25-,26-,35-,36-/m1/s1. The second-order valence-electron chi connectivity index (χ2n) is 18.8. The molecule has 2 spiro atoms. The van der Waals surface area contributed by atoms with Crippen LogP contribution >= 0.6 is 0 Å². The molecule has 6 atom stereocenters. The number of sulfonamides is 2. The van der Waals surface area contributed by atoms with E-state index in [1.54, 1.807) is 46.4 Å². The number of fused-ring (bicyclic) bond motifs is 1. The molecule has 0 unspecified atom stereocenters. The molecule has 1 heterocycles. The maximum Gasteiger partial charge on any atom is 0.259 e. The predicted molar refractivity (Wildman–Crippen MR) is 194 cm³/mol. The molecule has 4 amide bonds. The van der Waals surface area contributed by atoms with Crippen LogP contribution in [-0.4, -0.2) is 86.1 Å². The maximum absolute atomic E-state index is 14.9. The first-order valence-corrected chi connectivity index (χ1v) is 21.4. The molecule has 0 aromatic heterocycles. The van der Waals surface area contributed by atoms with Crippen LogP contribution < -0.4 is 20.1 Å². The minimum absolute atomic E-state index is 0.0445. The van der Waals surface area contributed by atoms with Crippen molar-refractivity contribution in [3.8, 4) is 0 Å². The van der Waals surface area contributed by atoms with Gasteiger partial charge < -0.3 is 15.5 Å². The molecule has 288 valence electrons. The second kappa shape index (κ2) is 12.3. The van der Waals surface area contributed by atoms with Crippen molar-refractivity contribution in [1.29, 1.82) is 0 Å². The summed E-state index contributed by atoms with van der Waals surface area (Å²) in [5, 5.41) is 4.35. The van der Waals surface area contributed by atoms with E-state index in [9.17, 15) is 36.0 Å². The van der Waals surface area contributed by atoms with Crippen molar-refractivity contribution in [1.82, 2.24) is 25.0 Å². The van der Waals surface area contributed by atoms with E-state index in [0.29, 0.717) is 19.3 Å². The van der Waals surface area contributed by atoms with Gasteiger partial charge in [0, 0.05) is 17.9 Å². The highest BCUT2D eigenvalue weighted by molar-refractivity contribution is 7.91. The molecule has 5 rings (SSSR count). The van der Waals surface area contributed by atoms with Crippen molar-refractivity contribution in [2.75, 3.05) is 6.54 Å². The Bertz CT molecular complexity index is 1720. The summed E-state index contributed by atoms with van der Waals surface area (Å²) in [6, 6.07) is -3.32. The lowest BCUT2D eigenvalue weighted by Gasteiger charge is -2.38. The number of rotatable bonds is 12. The summed E-state index contributed by atoms with van der Waals surface area (Å²) >= 11 is 0. The van der Waals surface area contributed by atoms with Crippen molar-refractivity contribution in [3.63, 3.8) is 0 Å². The smallest absolute Gasteiger partial charge is 0.259 e. The monoisotopic (exact) mass is 753 g/mol. The van der Waals surface area contributed by atoms with E-state index in [4.69, 9.17) is 0 Å². The van der Waals surface area contributed by atoms with Crippen molar-refractivity contribution in [3.05, 3.63) is 12.7 Å². The van der Waals surface area contributed by atoms with Crippen LogP contribution in [0.3, 0.4) is 0 Å². The molecule has 0 bridgehead atoms. The molecule has 4 aliphatic carbocycles. The summed E-state index contributed by atoms with van der Waals surface area (Å²) in [6.07, 6.45) is 6.01. The number of likely N-dealkylation sites (tertiary alicyclic amines) is 1. The number of hydrogen-bond donors (Lipinski definition) is 4. The zero-order valence-corrected chi connectivity index (χ0v) is 33.6. The Hall–Kier alpha value is -2.52. The van der Waals surface area contributed by atoms with E-state index in [1.165, 1.54) is 19.9 Å². The van der Waals surface area contributed by atoms with E-state index < -0.39 is 94.6 Å². The van der Waals surface area contributed by atoms with Crippen LogP contribution in [0.4, 0.5) is 0 Å². The Morgan fingerprint density at radius 1 is 0.882 bits per heavy atom. The van der Waals surface area contributed by atoms with Gasteiger partial charge in [0.25, 0.3) is 5.91 Å². The van der Waals surface area contributed by atoms with Gasteiger partial charge in [-0.15, -0.1) is 6.58 Å². The van der Waals surface area contributed by atoms with Crippen LogP contribution in [-0.2, 0) is 39.2 Å². The fourth-order valence-electron chi connectivity index (χ4n) is 9.05. The van der Waals surface area contributed by atoms with E-state index in [2.05, 4.69) is 40.5 Å². The van der Waals surface area contributed by atoms with Gasteiger partial charge >= 0.3 is 0 Å². The van der Waals surface area contributed by atoms with Gasteiger partial charge in [0.2, 0.25) is 37.8 Å². The van der Waals surface area contributed by atoms with Crippen LogP contribution in [0.2, 0.25) is 0 Å². The van der Waals surface area contributed by atoms with Gasteiger partial charge in [-0.2, -0.15) is 0 Å². The first-order valence-electron chi connectivity index (χ1n) is 18.3. The fourth-order valence-corrected chi connectivity index (χ4v) is 11.5. The molecule has 51 heavy (non-hydrogen) atoms. The molecule has 13 nitrogen and oxygen atoms in total. The van der Waals surface area contributed by atoms with Crippen molar-refractivity contribution in [2.45, 2.75) is 148 Å². The zero-order valence-electron chi connectivity index (χ0n) is 31.9. The van der Waals surface area contributed by atoms with Gasteiger partial charge in [-0.1, -0.05) is 67.9 Å². The minimum Gasteiger partial charge on any atom is -0.342 e. The second-order valence-corrected chi connectivity index (χ2v) is 23.1. The Labute approximate surface area is 304 Å². The third kappa shape index (κ3) is 6.44. The van der Waals surface area contributed by atoms with Gasteiger partial charge in [-0.3, -0.25) is 23.9 Å². The highest BCUT2D eigenvalue weighted by atomic mass is 32.2. The van der Waals surface area contributed by atoms with Gasteiger partial charge in [-0.25, -0.2) is 21.6 Å². The molecule has 5 aliphatic rings. The fraction of sp³-hybridized carbons (Fsp3) is 0.833. The molecule has 4 saturated carbocycles. The van der Waals surface area contributed by atoms with Gasteiger partial charge in [0.15, 0.2) is 0 Å². The van der Waals surface area contributed by atoms with Gasteiger partial charge in [0.1, 0.15) is 23.7 Å². The molecule has 1 saturated heterocycles. The van der Waals surface area contributed by atoms with Crippen LogP contribution in [0.5, 0.6) is 0 Å². The minimum atomic E-state index is -3.88. The normalized spacial score (nSPS) is 30.7. The number of carbonyl (C=O) groups excluding carboxylic acids is 4. The molecule has 4 N–H and O–H groups in total. The average Bonchev–Trinajstić information content (AvgIpc) is 3.90. The van der Waals surface area contributed by atoms with E-state index >= 15 is 0 Å². The third-order valence-corrected chi connectivity index (χ3v) is 16.7. The predicted octanol–water partition coefficient (Wildman–Crippen LogP) is 2.73. The van der Waals surface area contributed by atoms with Crippen LogP contribution in [0.15, 0.2) is 12.7 Å². The Morgan fingerprint density at radius 2 is 1.45 bits per heavy atom. The summed E-state index contributed by atoms with van der Waals surface area (Å²) in [5.41, 5.74) is -3.79. The van der Waals surface area contributed by atoms with Crippen LogP contribution in [0, 0.1) is 33.0 Å². The number of hydrogen-bond acceptors (Lipinski definition) is 8. The Morgan fingerprint density at radius 3 is 1.86 bits per heavy atom. The molecule has 1 aliphatic heterocycles. The lowest BCUT2D eigenvalue weighted by Crippen LogP contribution is -2.63. The summed E-state index contributed by atoms with van der Waals surface area (Å²) in [5.74, 6) is -2.99. The average molecular weight is 754 g/mol. The van der Waals surface area contributed by atoms with Gasteiger partial charge in [-0.05, 0) is 74.0 Å². The molecule has 0 aromatic carbocycles. The molecule has 0 radical (unpaired) electrons. The van der Waals surface area contributed by atoms with E-state index in [1.807, 2.05) is 0 Å². The Balaban J connectivity index is 1.46. The summed E-state index contributed by atoms with van der Waals surface area (Å²) in [4.78, 5) is 58.4. The number of nitrogens with one attached hydrogen (secondary N) is 4. The lowest BCUT2D eigenvalue weighted by atomic mass is 9.73. The molecule has 15 heteroatoms. The first kappa shape index (κ1) is 39.7. The van der Waals surface area contributed by atoms with E-state index in [0.717, 1.165) is 19.3 Å². The highest BCUT2D eigenvalue weighted by Gasteiger charge is 2.85. The molecular formula is C36H59N5O8S2. The van der Waals surface area contributed by atoms with E-state index in [-0.39, 0.29) is 29.2 Å². The third-order valence-electron chi connectivity index (χ3n) is 13.1. The number of carbonyl (C=O) groups is 4. The van der Waals surface area contributed by atoms with Crippen molar-refractivity contribution >= 4 is 43.7 Å². The van der Waals surface area contributed by atoms with Gasteiger partial charge in [0.05, 0.1) is 10.5 Å². The summed E-state index contributed by atoms with van der Waals surface area (Å²) in [6.45, 7) is 22.1. The zero-order chi connectivity index (χ0) is 38.5.